The van der Waals surface area contributed by atoms with Gasteiger partial charge in [-0.1, -0.05) is 24.9 Å². The summed E-state index contributed by atoms with van der Waals surface area (Å²) in [6, 6.07) is 6.56. The van der Waals surface area contributed by atoms with Gasteiger partial charge in [-0.2, -0.15) is 0 Å². The van der Waals surface area contributed by atoms with Crippen molar-refractivity contribution in [2.45, 2.75) is 19.8 Å². The third-order valence-electron chi connectivity index (χ3n) is 2.93. The maximum Gasteiger partial charge on any atom is 0.338 e. The standard InChI is InChI=1S/C17H25ClO5/c1-2-3-8-20-9-10-21-11-12-22-13-14-23-17(19)15-4-6-16(18)7-5-15/h4-7H,2-3,8-14H2,1H3. The highest BCUT2D eigenvalue weighted by Crippen LogP contribution is 2.10. The highest BCUT2D eigenvalue weighted by atomic mass is 35.5. The van der Waals surface area contributed by atoms with Gasteiger partial charge in [0.25, 0.3) is 0 Å². The van der Waals surface area contributed by atoms with Crippen LogP contribution in [0.1, 0.15) is 30.1 Å². The second kappa shape index (κ2) is 13.3. The minimum Gasteiger partial charge on any atom is -0.460 e. The fourth-order valence-corrected chi connectivity index (χ4v) is 1.78. The second-order valence-electron chi connectivity index (χ2n) is 4.83. The topological polar surface area (TPSA) is 54.0 Å². The largest absolute Gasteiger partial charge is 0.460 e. The molecule has 0 aliphatic rings. The molecule has 0 N–H and O–H groups in total. The van der Waals surface area contributed by atoms with Crippen molar-refractivity contribution in [1.29, 1.82) is 0 Å². The van der Waals surface area contributed by atoms with E-state index >= 15 is 0 Å². The predicted molar refractivity (Wildman–Crippen MR) is 89.1 cm³/mol. The first-order valence-electron chi connectivity index (χ1n) is 7.90. The van der Waals surface area contributed by atoms with E-state index < -0.39 is 0 Å². The molecule has 0 fully saturated rings. The van der Waals surface area contributed by atoms with E-state index in [1.165, 1.54) is 0 Å². The Balaban J connectivity index is 1.89. The van der Waals surface area contributed by atoms with Gasteiger partial charge in [-0.15, -0.1) is 0 Å². The molecule has 0 aromatic heterocycles. The van der Waals surface area contributed by atoms with Crippen molar-refractivity contribution < 1.29 is 23.7 Å². The summed E-state index contributed by atoms with van der Waals surface area (Å²) in [5, 5.41) is 0.584. The van der Waals surface area contributed by atoms with Gasteiger partial charge in [-0.25, -0.2) is 4.79 Å². The lowest BCUT2D eigenvalue weighted by Gasteiger charge is -2.07. The van der Waals surface area contributed by atoms with Gasteiger partial charge in [-0.3, -0.25) is 0 Å². The number of esters is 1. The van der Waals surface area contributed by atoms with E-state index in [0.29, 0.717) is 43.6 Å². The molecule has 130 valence electrons. The van der Waals surface area contributed by atoms with Gasteiger partial charge in [0.15, 0.2) is 0 Å². The van der Waals surface area contributed by atoms with Crippen LogP contribution in [0.25, 0.3) is 0 Å². The summed E-state index contributed by atoms with van der Waals surface area (Å²) >= 11 is 5.75. The molecule has 1 aromatic rings. The summed E-state index contributed by atoms with van der Waals surface area (Å²) in [4.78, 5) is 11.7. The van der Waals surface area contributed by atoms with Gasteiger partial charge in [0, 0.05) is 11.6 Å². The molecule has 6 heteroatoms. The predicted octanol–water partition coefficient (Wildman–Crippen LogP) is 3.35. The Hall–Kier alpha value is -1.14. The molecule has 0 saturated carbocycles. The SMILES string of the molecule is CCCCOCCOCCOCCOC(=O)c1ccc(Cl)cc1. The summed E-state index contributed by atoms with van der Waals surface area (Å²) in [6.45, 7) is 5.61. The Kier molecular flexibility index (Phi) is 11.5. The van der Waals surface area contributed by atoms with Gasteiger partial charge in [-0.05, 0) is 30.7 Å². The number of carbonyl (C=O) groups is 1. The van der Waals surface area contributed by atoms with Crippen LogP contribution in [0.15, 0.2) is 24.3 Å². The second-order valence-corrected chi connectivity index (χ2v) is 5.27. The molecule has 0 aliphatic carbocycles. The van der Waals surface area contributed by atoms with Crippen LogP contribution in [0.2, 0.25) is 5.02 Å². The highest BCUT2D eigenvalue weighted by Gasteiger charge is 2.06. The van der Waals surface area contributed by atoms with E-state index in [-0.39, 0.29) is 12.6 Å². The first-order valence-corrected chi connectivity index (χ1v) is 8.27. The molecule has 5 nitrogen and oxygen atoms in total. The van der Waals surface area contributed by atoms with Crippen molar-refractivity contribution >= 4 is 17.6 Å². The molecule has 0 aliphatic heterocycles. The molecular formula is C17H25ClO5. The Morgan fingerprint density at radius 3 is 1.96 bits per heavy atom. The summed E-state index contributed by atoms with van der Waals surface area (Å²) in [5.74, 6) is -0.384. The van der Waals surface area contributed by atoms with Crippen molar-refractivity contribution in [3.05, 3.63) is 34.9 Å². The lowest BCUT2D eigenvalue weighted by atomic mass is 10.2. The Morgan fingerprint density at radius 2 is 1.39 bits per heavy atom. The number of carbonyl (C=O) groups excluding carboxylic acids is 1. The van der Waals surface area contributed by atoms with E-state index in [1.54, 1.807) is 24.3 Å². The van der Waals surface area contributed by atoms with Crippen LogP contribution in [0.4, 0.5) is 0 Å². The quantitative estimate of drug-likeness (QED) is 0.406. The number of halogens is 1. The summed E-state index contributed by atoms with van der Waals surface area (Å²) in [6.07, 6.45) is 2.22. The van der Waals surface area contributed by atoms with Crippen LogP contribution in [-0.2, 0) is 18.9 Å². The van der Waals surface area contributed by atoms with E-state index in [1.807, 2.05) is 0 Å². The third kappa shape index (κ3) is 10.3. The van der Waals surface area contributed by atoms with Crippen LogP contribution in [0.3, 0.4) is 0 Å². The number of benzene rings is 1. The molecule has 0 atom stereocenters. The third-order valence-corrected chi connectivity index (χ3v) is 3.18. The average molecular weight is 345 g/mol. The molecule has 1 rings (SSSR count). The van der Waals surface area contributed by atoms with Crippen molar-refractivity contribution in [2.24, 2.45) is 0 Å². The fourth-order valence-electron chi connectivity index (χ4n) is 1.65. The number of hydrogen-bond donors (Lipinski definition) is 0. The van der Waals surface area contributed by atoms with Crippen LogP contribution >= 0.6 is 11.6 Å². The minimum absolute atomic E-state index is 0.210. The molecule has 23 heavy (non-hydrogen) atoms. The normalized spacial score (nSPS) is 10.7. The van der Waals surface area contributed by atoms with Gasteiger partial charge >= 0.3 is 5.97 Å². The molecular weight excluding hydrogens is 320 g/mol. The maximum absolute atomic E-state index is 11.7. The molecule has 1 aromatic carbocycles. The minimum atomic E-state index is -0.384. The van der Waals surface area contributed by atoms with Gasteiger partial charge < -0.3 is 18.9 Å². The fraction of sp³-hybridized carbons (Fsp3) is 0.588. The van der Waals surface area contributed by atoms with E-state index in [9.17, 15) is 4.79 Å². The summed E-state index contributed by atoms with van der Waals surface area (Å²) in [7, 11) is 0. The number of ether oxygens (including phenoxy) is 4. The lowest BCUT2D eigenvalue weighted by molar-refractivity contribution is 0.000289. The summed E-state index contributed by atoms with van der Waals surface area (Å²) in [5.41, 5.74) is 0.473. The van der Waals surface area contributed by atoms with Gasteiger partial charge in [0.2, 0.25) is 0 Å². The van der Waals surface area contributed by atoms with Crippen molar-refractivity contribution in [3.63, 3.8) is 0 Å². The molecule has 0 amide bonds. The molecule has 0 bridgehead atoms. The van der Waals surface area contributed by atoms with Gasteiger partial charge in [0.05, 0.1) is 38.6 Å². The van der Waals surface area contributed by atoms with Gasteiger partial charge in [0.1, 0.15) is 6.61 Å². The van der Waals surface area contributed by atoms with Crippen LogP contribution in [0.5, 0.6) is 0 Å². The number of unbranched alkanes of at least 4 members (excludes halogenated alkanes) is 1. The first-order chi connectivity index (χ1) is 11.2. The molecule has 0 heterocycles. The molecule has 0 radical (unpaired) electrons. The smallest absolute Gasteiger partial charge is 0.338 e. The Bertz CT molecular complexity index is 421. The molecule has 0 unspecified atom stereocenters. The molecule has 0 saturated heterocycles. The molecule has 0 spiro atoms. The zero-order chi connectivity index (χ0) is 16.8. The lowest BCUT2D eigenvalue weighted by Crippen LogP contribution is -2.14. The Morgan fingerprint density at radius 1 is 0.870 bits per heavy atom. The average Bonchev–Trinajstić information content (AvgIpc) is 2.56. The summed E-state index contributed by atoms with van der Waals surface area (Å²) < 4.78 is 21.1. The van der Waals surface area contributed by atoms with E-state index in [4.69, 9.17) is 30.5 Å². The van der Waals surface area contributed by atoms with Crippen molar-refractivity contribution in [1.82, 2.24) is 0 Å². The number of hydrogen-bond acceptors (Lipinski definition) is 5. The Labute approximate surface area is 142 Å². The zero-order valence-corrected chi connectivity index (χ0v) is 14.3. The monoisotopic (exact) mass is 344 g/mol. The van der Waals surface area contributed by atoms with Crippen molar-refractivity contribution in [3.8, 4) is 0 Å². The van der Waals surface area contributed by atoms with Crippen LogP contribution in [-0.4, -0.2) is 52.2 Å². The number of rotatable bonds is 13. The highest BCUT2D eigenvalue weighted by molar-refractivity contribution is 6.30. The van der Waals surface area contributed by atoms with E-state index in [2.05, 4.69) is 6.92 Å². The first kappa shape index (κ1) is 19.9. The van der Waals surface area contributed by atoms with Crippen LogP contribution in [0, 0.1) is 0 Å². The van der Waals surface area contributed by atoms with Crippen LogP contribution < -0.4 is 0 Å². The maximum atomic E-state index is 11.7. The van der Waals surface area contributed by atoms with Crippen molar-refractivity contribution in [2.75, 3.05) is 46.2 Å². The zero-order valence-electron chi connectivity index (χ0n) is 13.6. The van der Waals surface area contributed by atoms with E-state index in [0.717, 1.165) is 19.4 Å².